The average molecular weight is 422 g/mol. The van der Waals surface area contributed by atoms with Gasteiger partial charge in [0.25, 0.3) is 0 Å². The first-order valence-electron chi connectivity index (χ1n) is 10.8. The number of likely N-dealkylation sites (tertiary alicyclic amines) is 1. The number of hydrogen-bond donors (Lipinski definition) is 2. The van der Waals surface area contributed by atoms with Crippen molar-refractivity contribution in [1.82, 2.24) is 14.9 Å². The predicted octanol–water partition coefficient (Wildman–Crippen LogP) is 4.07. The topological polar surface area (TPSA) is 85.5 Å². The maximum absolute atomic E-state index is 6.17. The first-order chi connectivity index (χ1) is 15.1. The van der Waals surface area contributed by atoms with E-state index in [1.54, 1.807) is 20.3 Å². The minimum atomic E-state index is 0.402. The summed E-state index contributed by atoms with van der Waals surface area (Å²) in [6, 6.07) is 12.4. The molecule has 0 radical (unpaired) electrons. The monoisotopic (exact) mass is 421 g/mol. The van der Waals surface area contributed by atoms with Crippen LogP contribution in [0.3, 0.4) is 0 Å². The van der Waals surface area contributed by atoms with Crippen LogP contribution in [0.2, 0.25) is 0 Å². The van der Waals surface area contributed by atoms with Crippen LogP contribution in [0.5, 0.6) is 11.5 Å². The highest BCUT2D eigenvalue weighted by atomic mass is 16.5. The number of methoxy groups -OCH3 is 2. The normalized spacial score (nSPS) is 16.9. The summed E-state index contributed by atoms with van der Waals surface area (Å²) < 4.78 is 10.7. The molecule has 1 atom stereocenters. The molecule has 2 heterocycles. The standard InChI is InChI=1S/C24H31N5O2/c1-16-5-4-10-29(14-16)15-18-8-6-17(7-9-18)13-26-24-27-20-12-22(31-3)21(30-2)11-19(20)23(25)28-24/h6-9,11-12,16H,4-5,10,13-15H2,1-3H3,(H3,25,26,27,28). The number of hydrogen-bond acceptors (Lipinski definition) is 7. The van der Waals surface area contributed by atoms with E-state index in [9.17, 15) is 0 Å². The molecule has 1 aliphatic heterocycles. The van der Waals surface area contributed by atoms with Crippen molar-refractivity contribution < 1.29 is 9.47 Å². The third-order valence-electron chi connectivity index (χ3n) is 5.85. The van der Waals surface area contributed by atoms with Gasteiger partial charge in [-0.3, -0.25) is 4.90 Å². The molecule has 1 aliphatic rings. The van der Waals surface area contributed by atoms with Gasteiger partial charge in [-0.25, -0.2) is 4.98 Å². The largest absolute Gasteiger partial charge is 0.493 e. The smallest absolute Gasteiger partial charge is 0.225 e. The zero-order chi connectivity index (χ0) is 21.8. The molecular weight excluding hydrogens is 390 g/mol. The molecule has 1 fully saturated rings. The maximum Gasteiger partial charge on any atom is 0.225 e. The molecule has 31 heavy (non-hydrogen) atoms. The lowest BCUT2D eigenvalue weighted by Crippen LogP contribution is -2.33. The Labute approximate surface area is 183 Å². The lowest BCUT2D eigenvalue weighted by molar-refractivity contribution is 0.176. The minimum absolute atomic E-state index is 0.402. The number of fused-ring (bicyclic) bond motifs is 1. The van der Waals surface area contributed by atoms with Crippen LogP contribution < -0.4 is 20.5 Å². The van der Waals surface area contributed by atoms with Crippen LogP contribution in [0.4, 0.5) is 11.8 Å². The highest BCUT2D eigenvalue weighted by Gasteiger charge is 2.16. The van der Waals surface area contributed by atoms with Crippen molar-refractivity contribution in [1.29, 1.82) is 0 Å². The quantitative estimate of drug-likeness (QED) is 0.595. The van der Waals surface area contributed by atoms with Gasteiger partial charge >= 0.3 is 0 Å². The molecule has 7 nitrogen and oxygen atoms in total. The summed E-state index contributed by atoms with van der Waals surface area (Å²) in [5, 5.41) is 4.02. The molecule has 7 heteroatoms. The molecule has 4 rings (SSSR count). The molecule has 164 valence electrons. The number of benzene rings is 2. The van der Waals surface area contributed by atoms with E-state index in [1.807, 2.05) is 6.07 Å². The molecule has 1 unspecified atom stereocenters. The number of rotatable bonds is 7. The van der Waals surface area contributed by atoms with Crippen molar-refractivity contribution in [2.24, 2.45) is 5.92 Å². The van der Waals surface area contributed by atoms with Gasteiger partial charge in [-0.1, -0.05) is 31.2 Å². The zero-order valence-electron chi connectivity index (χ0n) is 18.5. The van der Waals surface area contributed by atoms with Gasteiger partial charge in [0.15, 0.2) is 11.5 Å². The fraction of sp³-hybridized carbons (Fsp3) is 0.417. The Kier molecular flexibility index (Phi) is 6.42. The number of nitrogens with zero attached hydrogens (tertiary/aromatic N) is 3. The second-order valence-corrected chi connectivity index (χ2v) is 8.31. The summed E-state index contributed by atoms with van der Waals surface area (Å²) in [5.41, 5.74) is 9.40. The van der Waals surface area contributed by atoms with E-state index >= 15 is 0 Å². The molecule has 2 aromatic carbocycles. The average Bonchev–Trinajstić information content (AvgIpc) is 2.78. The van der Waals surface area contributed by atoms with Crippen LogP contribution in [-0.2, 0) is 13.1 Å². The second-order valence-electron chi connectivity index (χ2n) is 8.31. The fourth-order valence-corrected chi connectivity index (χ4v) is 4.19. The number of nitrogen functional groups attached to an aromatic ring is 1. The molecule has 0 aliphatic carbocycles. The van der Waals surface area contributed by atoms with E-state index in [0.717, 1.165) is 17.8 Å². The van der Waals surface area contributed by atoms with Gasteiger partial charge in [-0.05, 0) is 42.5 Å². The predicted molar refractivity (Wildman–Crippen MR) is 124 cm³/mol. The van der Waals surface area contributed by atoms with Crippen LogP contribution in [0.15, 0.2) is 36.4 Å². The third-order valence-corrected chi connectivity index (χ3v) is 5.85. The lowest BCUT2D eigenvalue weighted by atomic mass is 9.99. The first-order valence-corrected chi connectivity index (χ1v) is 10.8. The minimum Gasteiger partial charge on any atom is -0.493 e. The van der Waals surface area contributed by atoms with Crippen molar-refractivity contribution in [2.45, 2.75) is 32.9 Å². The van der Waals surface area contributed by atoms with E-state index < -0.39 is 0 Å². The van der Waals surface area contributed by atoms with Crippen LogP contribution in [0.25, 0.3) is 10.9 Å². The summed E-state index contributed by atoms with van der Waals surface area (Å²) in [4.78, 5) is 11.5. The van der Waals surface area contributed by atoms with Gasteiger partial charge in [0.05, 0.1) is 19.7 Å². The Bertz CT molecular complexity index is 1040. The molecular formula is C24H31N5O2. The second kappa shape index (κ2) is 9.39. The Hall–Kier alpha value is -3.06. The Morgan fingerprint density at radius 2 is 1.77 bits per heavy atom. The van der Waals surface area contributed by atoms with Crippen molar-refractivity contribution in [2.75, 3.05) is 38.4 Å². The molecule has 0 amide bonds. The molecule has 0 spiro atoms. The van der Waals surface area contributed by atoms with E-state index in [1.165, 1.54) is 37.1 Å². The van der Waals surface area contributed by atoms with Gasteiger partial charge in [-0.2, -0.15) is 4.98 Å². The third kappa shape index (κ3) is 4.99. The van der Waals surface area contributed by atoms with Gasteiger partial charge in [-0.15, -0.1) is 0 Å². The lowest BCUT2D eigenvalue weighted by Gasteiger charge is -2.30. The Morgan fingerprint density at radius 3 is 2.48 bits per heavy atom. The Morgan fingerprint density at radius 1 is 1.06 bits per heavy atom. The molecule has 1 aromatic heterocycles. The van der Waals surface area contributed by atoms with E-state index in [4.69, 9.17) is 15.2 Å². The summed E-state index contributed by atoms with van der Waals surface area (Å²) in [7, 11) is 3.19. The number of ether oxygens (including phenoxy) is 2. The Balaban J connectivity index is 1.42. The molecule has 1 saturated heterocycles. The van der Waals surface area contributed by atoms with E-state index in [2.05, 4.69) is 51.4 Å². The van der Waals surface area contributed by atoms with Gasteiger partial charge in [0, 0.05) is 31.1 Å². The maximum atomic E-state index is 6.17. The van der Waals surface area contributed by atoms with Crippen molar-refractivity contribution >= 4 is 22.7 Å². The van der Waals surface area contributed by atoms with Crippen LogP contribution in [0.1, 0.15) is 30.9 Å². The SMILES string of the molecule is COc1cc2nc(NCc3ccc(CN4CCCC(C)C4)cc3)nc(N)c2cc1OC. The molecule has 0 saturated carbocycles. The van der Waals surface area contributed by atoms with Crippen LogP contribution >= 0.6 is 0 Å². The van der Waals surface area contributed by atoms with E-state index in [-0.39, 0.29) is 0 Å². The number of aromatic nitrogens is 2. The number of nitrogens with one attached hydrogen (secondary N) is 1. The van der Waals surface area contributed by atoms with Gasteiger partial charge in [0.1, 0.15) is 5.82 Å². The highest BCUT2D eigenvalue weighted by Crippen LogP contribution is 2.33. The number of anilines is 2. The summed E-state index contributed by atoms with van der Waals surface area (Å²) in [6.07, 6.45) is 2.65. The van der Waals surface area contributed by atoms with Crippen molar-refractivity contribution in [3.05, 3.63) is 47.5 Å². The summed E-state index contributed by atoms with van der Waals surface area (Å²) in [6.45, 7) is 6.38. The first kappa shape index (κ1) is 21.2. The van der Waals surface area contributed by atoms with Crippen LogP contribution in [-0.4, -0.2) is 42.2 Å². The molecule has 3 N–H and O–H groups in total. The zero-order valence-corrected chi connectivity index (χ0v) is 18.5. The van der Waals surface area contributed by atoms with Gasteiger partial charge in [0.2, 0.25) is 5.95 Å². The van der Waals surface area contributed by atoms with Crippen LogP contribution in [0, 0.1) is 5.92 Å². The fourth-order valence-electron chi connectivity index (χ4n) is 4.19. The van der Waals surface area contributed by atoms with E-state index in [0.29, 0.717) is 35.3 Å². The summed E-state index contributed by atoms with van der Waals surface area (Å²) >= 11 is 0. The van der Waals surface area contributed by atoms with Crippen molar-refractivity contribution in [3.63, 3.8) is 0 Å². The molecule has 0 bridgehead atoms. The number of nitrogens with two attached hydrogens (primary N) is 1. The molecule has 3 aromatic rings. The van der Waals surface area contributed by atoms with Gasteiger partial charge < -0.3 is 20.5 Å². The summed E-state index contributed by atoms with van der Waals surface area (Å²) in [5.74, 6) is 2.90. The van der Waals surface area contributed by atoms with Crippen molar-refractivity contribution in [3.8, 4) is 11.5 Å². The highest BCUT2D eigenvalue weighted by molar-refractivity contribution is 5.91. The number of piperidine rings is 1.